The van der Waals surface area contributed by atoms with Gasteiger partial charge in [0.1, 0.15) is 5.82 Å². The van der Waals surface area contributed by atoms with Crippen LogP contribution in [0.1, 0.15) is 66.1 Å². The smallest absolute Gasteiger partial charge is 0.396 e. The van der Waals surface area contributed by atoms with E-state index in [2.05, 4.69) is 0 Å². The Morgan fingerprint density at radius 3 is 2.07 bits per heavy atom. The first-order valence-electron chi connectivity index (χ1n) is 14.1. The molecule has 3 amide bonds. The van der Waals surface area contributed by atoms with Crippen molar-refractivity contribution in [3.8, 4) is 0 Å². The minimum Gasteiger partial charge on any atom is -0.396 e. The number of aliphatic hydroxyl groups is 2. The molecule has 44 heavy (non-hydrogen) atoms. The highest BCUT2D eigenvalue weighted by molar-refractivity contribution is 5.86. The van der Waals surface area contributed by atoms with E-state index in [1.807, 2.05) is 0 Å². The summed E-state index contributed by atoms with van der Waals surface area (Å²) in [6.45, 7) is 2.31. The molecule has 3 atom stereocenters. The third-order valence-electron chi connectivity index (χ3n) is 8.95. The summed E-state index contributed by atoms with van der Waals surface area (Å²) in [5, 5.41) is 19.5. The molecule has 242 valence electrons. The highest BCUT2D eigenvalue weighted by Crippen LogP contribution is 2.49. The van der Waals surface area contributed by atoms with Crippen molar-refractivity contribution in [3.63, 3.8) is 0 Å². The van der Waals surface area contributed by atoms with Crippen molar-refractivity contribution in [2.75, 3.05) is 33.4 Å². The van der Waals surface area contributed by atoms with E-state index in [1.54, 1.807) is 11.8 Å². The average molecular weight is 634 g/mol. The Kier molecular flexibility index (Phi) is 9.28. The Bertz CT molecular complexity index is 1360. The Hall–Kier alpha value is -3.39. The minimum atomic E-state index is -5.06. The fourth-order valence-corrected chi connectivity index (χ4v) is 6.51. The molecule has 4 rings (SSSR count). The molecule has 0 saturated carbocycles. The van der Waals surface area contributed by atoms with Crippen LogP contribution in [0.3, 0.4) is 0 Å². The lowest BCUT2D eigenvalue weighted by atomic mass is 9.77. The van der Waals surface area contributed by atoms with E-state index >= 15 is 0 Å². The van der Waals surface area contributed by atoms with Gasteiger partial charge in [-0.25, -0.2) is 9.18 Å². The van der Waals surface area contributed by atoms with Crippen LogP contribution in [-0.2, 0) is 17.1 Å². The van der Waals surface area contributed by atoms with E-state index in [1.165, 1.54) is 37.1 Å². The number of urea groups is 1. The van der Waals surface area contributed by atoms with Crippen molar-refractivity contribution in [3.05, 3.63) is 70.0 Å². The van der Waals surface area contributed by atoms with Gasteiger partial charge in [-0.1, -0.05) is 6.07 Å². The summed E-state index contributed by atoms with van der Waals surface area (Å²) in [6, 6.07) is 1.66. The van der Waals surface area contributed by atoms with Gasteiger partial charge in [0.25, 0.3) is 0 Å². The molecule has 0 aliphatic carbocycles. The average Bonchev–Trinajstić information content (AvgIpc) is 3.21. The largest absolute Gasteiger partial charge is 0.416 e. The van der Waals surface area contributed by atoms with Crippen LogP contribution >= 0.6 is 0 Å². The van der Waals surface area contributed by atoms with Gasteiger partial charge < -0.3 is 24.9 Å². The summed E-state index contributed by atoms with van der Waals surface area (Å²) in [4.78, 5) is 31.7. The number of aryl methyl sites for hydroxylation is 1. The van der Waals surface area contributed by atoms with Crippen LogP contribution in [0, 0.1) is 18.2 Å². The molecular weight excluding hydrogens is 599 g/mol. The first-order chi connectivity index (χ1) is 20.4. The zero-order valence-electron chi connectivity index (χ0n) is 24.3. The monoisotopic (exact) mass is 633 g/mol. The van der Waals surface area contributed by atoms with Crippen LogP contribution in [0.2, 0.25) is 0 Å². The van der Waals surface area contributed by atoms with Gasteiger partial charge in [-0.15, -0.1) is 0 Å². The molecule has 0 radical (unpaired) electrons. The van der Waals surface area contributed by atoms with Crippen molar-refractivity contribution in [2.24, 2.45) is 5.41 Å². The number of hydrogen-bond donors (Lipinski definition) is 2. The van der Waals surface area contributed by atoms with Crippen LogP contribution in [0.4, 0.5) is 35.5 Å². The molecule has 2 heterocycles. The summed E-state index contributed by atoms with van der Waals surface area (Å²) in [6.07, 6.45) is -9.85. The lowest BCUT2D eigenvalue weighted by Crippen LogP contribution is -2.57. The Morgan fingerprint density at radius 2 is 1.57 bits per heavy atom. The SMILES string of the molecule is Cc1cc(F)ccc1C1C2CC(CCO)(CCO)C(=O)N2CCN1C(=O)N(C)[C@H](C)c1cc(C(F)(F)F)cc(C(F)(F)F)c1. The lowest BCUT2D eigenvalue weighted by molar-refractivity contribution is -0.143. The van der Waals surface area contributed by atoms with Crippen molar-refractivity contribution >= 4 is 11.9 Å². The molecule has 2 unspecified atom stereocenters. The Balaban J connectivity index is 1.76. The third kappa shape index (κ3) is 6.23. The van der Waals surface area contributed by atoms with E-state index in [-0.39, 0.29) is 63.1 Å². The summed E-state index contributed by atoms with van der Waals surface area (Å²) >= 11 is 0. The van der Waals surface area contributed by atoms with Gasteiger partial charge in [0, 0.05) is 33.4 Å². The molecule has 2 saturated heterocycles. The topological polar surface area (TPSA) is 84.3 Å². The number of aliphatic hydroxyl groups excluding tert-OH is 2. The van der Waals surface area contributed by atoms with Crippen LogP contribution in [-0.4, -0.2) is 76.2 Å². The number of carbonyl (C=O) groups excluding carboxylic acids is 2. The number of piperazine rings is 1. The third-order valence-corrected chi connectivity index (χ3v) is 8.95. The number of alkyl halides is 6. The van der Waals surface area contributed by atoms with Gasteiger partial charge in [-0.05, 0) is 80.1 Å². The fourth-order valence-electron chi connectivity index (χ4n) is 6.51. The summed E-state index contributed by atoms with van der Waals surface area (Å²) < 4.78 is 95.3. The number of carbonyl (C=O) groups is 2. The van der Waals surface area contributed by atoms with Crippen molar-refractivity contribution in [1.29, 1.82) is 0 Å². The zero-order valence-corrected chi connectivity index (χ0v) is 24.3. The van der Waals surface area contributed by atoms with E-state index in [0.29, 0.717) is 23.3 Å². The molecule has 2 aromatic carbocycles. The summed E-state index contributed by atoms with van der Waals surface area (Å²) in [5.74, 6) is -0.835. The van der Waals surface area contributed by atoms with Gasteiger partial charge in [-0.3, -0.25) is 4.79 Å². The van der Waals surface area contributed by atoms with E-state index in [9.17, 15) is 50.5 Å². The predicted molar refractivity (Wildman–Crippen MR) is 145 cm³/mol. The number of amides is 3. The number of halogens is 7. The highest BCUT2D eigenvalue weighted by Gasteiger charge is 2.56. The first-order valence-corrected chi connectivity index (χ1v) is 14.1. The van der Waals surface area contributed by atoms with E-state index in [0.717, 1.165) is 4.90 Å². The van der Waals surface area contributed by atoms with Crippen LogP contribution in [0.25, 0.3) is 0 Å². The maximum Gasteiger partial charge on any atom is 0.416 e. The van der Waals surface area contributed by atoms with Crippen LogP contribution in [0.5, 0.6) is 0 Å². The number of benzene rings is 2. The van der Waals surface area contributed by atoms with Crippen LogP contribution < -0.4 is 0 Å². The molecule has 14 heteroatoms. The minimum absolute atomic E-state index is 0.0206. The van der Waals surface area contributed by atoms with E-state index < -0.39 is 58.9 Å². The van der Waals surface area contributed by atoms with E-state index in [4.69, 9.17) is 0 Å². The quantitative estimate of drug-likeness (QED) is 0.384. The van der Waals surface area contributed by atoms with Crippen molar-refractivity contribution < 1.29 is 50.5 Å². The highest BCUT2D eigenvalue weighted by atomic mass is 19.4. The summed E-state index contributed by atoms with van der Waals surface area (Å²) in [7, 11) is 1.27. The molecule has 2 N–H and O–H groups in total. The maximum absolute atomic E-state index is 14.1. The van der Waals surface area contributed by atoms with Gasteiger partial charge in [0.05, 0.1) is 34.7 Å². The molecule has 2 aromatic rings. The van der Waals surface area contributed by atoms with Gasteiger partial charge in [-0.2, -0.15) is 26.3 Å². The first kappa shape index (κ1) is 33.5. The predicted octanol–water partition coefficient (Wildman–Crippen LogP) is 5.69. The molecular formula is C30H34F7N3O4. The lowest BCUT2D eigenvalue weighted by Gasteiger charge is -2.47. The van der Waals surface area contributed by atoms with Crippen molar-refractivity contribution in [2.45, 2.75) is 63.6 Å². The number of rotatable bonds is 7. The maximum atomic E-state index is 14.1. The normalized spacial score (nSPS) is 21.0. The molecule has 2 aliphatic heterocycles. The van der Waals surface area contributed by atoms with Crippen molar-refractivity contribution in [1.82, 2.24) is 14.7 Å². The number of fused-ring (bicyclic) bond motifs is 1. The molecule has 0 spiro atoms. The Morgan fingerprint density at radius 1 is 1.00 bits per heavy atom. The number of hydrogen-bond acceptors (Lipinski definition) is 4. The second kappa shape index (κ2) is 12.2. The van der Waals surface area contributed by atoms with Crippen LogP contribution in [0.15, 0.2) is 36.4 Å². The number of nitrogens with zero attached hydrogens (tertiary/aromatic N) is 3. The molecule has 0 aromatic heterocycles. The molecule has 7 nitrogen and oxygen atoms in total. The van der Waals surface area contributed by atoms with Gasteiger partial charge in [0.2, 0.25) is 5.91 Å². The second-order valence-electron chi connectivity index (χ2n) is 11.5. The Labute approximate surface area is 249 Å². The summed E-state index contributed by atoms with van der Waals surface area (Å²) in [5.41, 5.74) is -3.52. The fraction of sp³-hybridized carbons (Fsp3) is 0.533. The van der Waals surface area contributed by atoms with Gasteiger partial charge in [0.15, 0.2) is 0 Å². The zero-order chi connectivity index (χ0) is 32.8. The van der Waals surface area contributed by atoms with Gasteiger partial charge >= 0.3 is 18.4 Å². The molecule has 2 fully saturated rings. The molecule has 0 bridgehead atoms. The second-order valence-corrected chi connectivity index (χ2v) is 11.5. The standard InChI is InChI=1S/C30H34F7N3O4/c1-17-12-22(31)4-5-23(17)25-24-16-28(6-10-41,7-11-42)26(43)39(24)8-9-40(25)27(44)38(3)18(2)19-13-20(29(32,33)34)15-21(14-19)30(35,36)37/h4-5,12-15,18,24-25,41-42H,6-11,16H2,1-3H3/t18-,24?,25?/m1/s1. The molecule has 2 aliphatic rings.